The van der Waals surface area contributed by atoms with Gasteiger partial charge in [-0.2, -0.15) is 13.2 Å². The number of halogens is 3. The molecule has 9 heteroatoms. The fourth-order valence-electron chi connectivity index (χ4n) is 1.95. The van der Waals surface area contributed by atoms with Crippen molar-refractivity contribution in [3.8, 4) is 11.3 Å². The molecule has 5 nitrogen and oxygen atoms in total. The predicted molar refractivity (Wildman–Crippen MR) is 85.9 cm³/mol. The molecule has 0 saturated heterocycles. The molecule has 0 atom stereocenters. The monoisotopic (exact) mass is 359 g/mol. The van der Waals surface area contributed by atoms with E-state index in [0.717, 1.165) is 17.4 Å². The zero-order valence-electron chi connectivity index (χ0n) is 12.8. The molecule has 0 spiro atoms. The molecule has 1 aromatic carbocycles. The summed E-state index contributed by atoms with van der Waals surface area (Å²) >= 11 is 1.07. The standard InChI is InChI=1S/C15H16F3N3O2S/c1-23-7-6-19-8-13(22)21-14-20-12(9-24-14)10-4-2-3-5-11(10)15(16,17)18/h2-5,9,19H,6-8H2,1H3,(H,20,21,22). The molecule has 1 heterocycles. The summed E-state index contributed by atoms with van der Waals surface area (Å²) in [6.45, 7) is 1.06. The van der Waals surface area contributed by atoms with Crippen molar-refractivity contribution in [3.63, 3.8) is 0 Å². The average Bonchev–Trinajstić information content (AvgIpc) is 2.99. The molecule has 1 aromatic heterocycles. The number of aromatic nitrogens is 1. The lowest BCUT2D eigenvalue weighted by atomic mass is 10.1. The first-order valence-corrected chi connectivity index (χ1v) is 7.91. The van der Waals surface area contributed by atoms with Crippen LogP contribution in [0.2, 0.25) is 0 Å². The molecule has 1 amide bonds. The molecule has 0 bridgehead atoms. The van der Waals surface area contributed by atoms with Gasteiger partial charge < -0.3 is 15.4 Å². The number of amides is 1. The number of thiazole rings is 1. The molecule has 0 fully saturated rings. The fourth-order valence-corrected chi connectivity index (χ4v) is 2.67. The normalized spacial score (nSPS) is 11.5. The first-order chi connectivity index (χ1) is 11.4. The van der Waals surface area contributed by atoms with E-state index in [1.165, 1.54) is 23.6 Å². The van der Waals surface area contributed by atoms with E-state index in [-0.39, 0.29) is 28.8 Å². The Morgan fingerprint density at radius 3 is 2.79 bits per heavy atom. The summed E-state index contributed by atoms with van der Waals surface area (Å²) < 4.78 is 44.0. The van der Waals surface area contributed by atoms with Gasteiger partial charge in [-0.1, -0.05) is 18.2 Å². The Balaban J connectivity index is 2.05. The summed E-state index contributed by atoms with van der Waals surface area (Å²) in [7, 11) is 1.55. The Labute approximate surface area is 140 Å². The Morgan fingerprint density at radius 1 is 1.33 bits per heavy atom. The number of carbonyl (C=O) groups excluding carboxylic acids is 1. The van der Waals surface area contributed by atoms with Crippen LogP contribution in [0.3, 0.4) is 0 Å². The van der Waals surface area contributed by atoms with Gasteiger partial charge >= 0.3 is 6.18 Å². The number of hydrogen-bond acceptors (Lipinski definition) is 5. The highest BCUT2D eigenvalue weighted by Gasteiger charge is 2.33. The van der Waals surface area contributed by atoms with Gasteiger partial charge in [0.15, 0.2) is 5.13 Å². The van der Waals surface area contributed by atoms with Crippen LogP contribution in [0.5, 0.6) is 0 Å². The predicted octanol–water partition coefficient (Wildman–Crippen LogP) is 3.00. The molecular formula is C15H16F3N3O2S. The zero-order chi connectivity index (χ0) is 17.6. The highest BCUT2D eigenvalue weighted by Crippen LogP contribution is 2.37. The average molecular weight is 359 g/mol. The second-order valence-corrected chi connectivity index (χ2v) is 5.66. The van der Waals surface area contributed by atoms with E-state index in [0.29, 0.717) is 13.2 Å². The maximum absolute atomic E-state index is 13.0. The van der Waals surface area contributed by atoms with E-state index in [4.69, 9.17) is 4.74 Å². The number of nitrogens with zero attached hydrogens (tertiary/aromatic N) is 1. The van der Waals surface area contributed by atoms with Gasteiger partial charge in [0.05, 0.1) is 24.4 Å². The summed E-state index contributed by atoms with van der Waals surface area (Å²) in [6.07, 6.45) is -4.46. The van der Waals surface area contributed by atoms with E-state index in [1.807, 2.05) is 0 Å². The van der Waals surface area contributed by atoms with Crippen LogP contribution in [0.25, 0.3) is 11.3 Å². The van der Waals surface area contributed by atoms with Crippen molar-refractivity contribution in [1.29, 1.82) is 0 Å². The zero-order valence-corrected chi connectivity index (χ0v) is 13.6. The molecule has 2 rings (SSSR count). The Kier molecular flexibility index (Phi) is 6.29. The topological polar surface area (TPSA) is 63.2 Å². The summed E-state index contributed by atoms with van der Waals surface area (Å²) in [6, 6.07) is 5.21. The summed E-state index contributed by atoms with van der Waals surface area (Å²) in [4.78, 5) is 15.8. The van der Waals surface area contributed by atoms with Crippen LogP contribution in [0.1, 0.15) is 5.56 Å². The smallest absolute Gasteiger partial charge is 0.383 e. The number of hydrogen-bond donors (Lipinski definition) is 2. The summed E-state index contributed by atoms with van der Waals surface area (Å²) in [5.41, 5.74) is -0.593. The fraction of sp³-hybridized carbons (Fsp3) is 0.333. The van der Waals surface area contributed by atoms with Crippen molar-refractivity contribution >= 4 is 22.4 Å². The van der Waals surface area contributed by atoms with Crippen LogP contribution in [-0.2, 0) is 15.7 Å². The van der Waals surface area contributed by atoms with Crippen molar-refractivity contribution < 1.29 is 22.7 Å². The summed E-state index contributed by atoms with van der Waals surface area (Å²) in [5, 5.41) is 7.15. The lowest BCUT2D eigenvalue weighted by molar-refractivity contribution is -0.137. The van der Waals surface area contributed by atoms with Crippen LogP contribution in [0.4, 0.5) is 18.3 Å². The van der Waals surface area contributed by atoms with E-state index in [2.05, 4.69) is 15.6 Å². The first kappa shape index (κ1) is 18.4. The second kappa shape index (κ2) is 8.22. The molecular weight excluding hydrogens is 343 g/mol. The van der Waals surface area contributed by atoms with Crippen molar-refractivity contribution in [2.24, 2.45) is 0 Å². The highest BCUT2D eigenvalue weighted by molar-refractivity contribution is 7.14. The van der Waals surface area contributed by atoms with Crippen LogP contribution in [0.15, 0.2) is 29.6 Å². The maximum Gasteiger partial charge on any atom is 0.417 e. The minimum Gasteiger partial charge on any atom is -0.383 e. The Morgan fingerprint density at radius 2 is 2.08 bits per heavy atom. The van der Waals surface area contributed by atoms with Crippen LogP contribution >= 0.6 is 11.3 Å². The van der Waals surface area contributed by atoms with E-state index >= 15 is 0 Å². The Bertz CT molecular complexity index is 689. The molecule has 0 aliphatic rings. The molecule has 130 valence electrons. The second-order valence-electron chi connectivity index (χ2n) is 4.80. The van der Waals surface area contributed by atoms with Gasteiger partial charge in [-0.05, 0) is 6.07 Å². The minimum absolute atomic E-state index is 0.0139. The van der Waals surface area contributed by atoms with E-state index < -0.39 is 11.7 Å². The van der Waals surface area contributed by atoms with Gasteiger partial charge in [-0.3, -0.25) is 4.79 Å². The number of ether oxygens (including phenoxy) is 1. The van der Waals surface area contributed by atoms with Crippen molar-refractivity contribution in [3.05, 3.63) is 35.2 Å². The molecule has 0 radical (unpaired) electrons. The minimum atomic E-state index is -4.46. The molecule has 2 N–H and O–H groups in total. The molecule has 0 aliphatic carbocycles. The van der Waals surface area contributed by atoms with Crippen molar-refractivity contribution in [2.75, 3.05) is 32.1 Å². The maximum atomic E-state index is 13.0. The molecule has 24 heavy (non-hydrogen) atoms. The SMILES string of the molecule is COCCNCC(=O)Nc1nc(-c2ccccc2C(F)(F)F)cs1. The van der Waals surface area contributed by atoms with Crippen LogP contribution in [-0.4, -0.2) is 37.7 Å². The number of carbonyl (C=O) groups is 1. The Hall–Kier alpha value is -1.97. The van der Waals surface area contributed by atoms with Crippen molar-refractivity contribution in [1.82, 2.24) is 10.3 Å². The lowest BCUT2D eigenvalue weighted by Crippen LogP contribution is -2.30. The van der Waals surface area contributed by atoms with Crippen molar-refractivity contribution in [2.45, 2.75) is 6.18 Å². The largest absolute Gasteiger partial charge is 0.417 e. The number of rotatable bonds is 7. The molecule has 2 aromatic rings. The lowest BCUT2D eigenvalue weighted by Gasteiger charge is -2.10. The number of nitrogens with one attached hydrogen (secondary N) is 2. The van der Waals surface area contributed by atoms with Gasteiger partial charge in [0.1, 0.15) is 0 Å². The number of alkyl halides is 3. The number of benzene rings is 1. The quantitative estimate of drug-likeness (QED) is 0.746. The van der Waals surface area contributed by atoms with Gasteiger partial charge in [0.2, 0.25) is 5.91 Å². The number of methoxy groups -OCH3 is 1. The molecule has 0 aliphatic heterocycles. The molecule has 0 saturated carbocycles. The third-order valence-electron chi connectivity index (χ3n) is 3.03. The first-order valence-electron chi connectivity index (χ1n) is 7.03. The van der Waals surface area contributed by atoms with Crippen LogP contribution in [0, 0.1) is 0 Å². The molecule has 0 unspecified atom stereocenters. The van der Waals surface area contributed by atoms with Gasteiger partial charge in [0, 0.05) is 24.6 Å². The summed E-state index contributed by atoms with van der Waals surface area (Å²) in [5.74, 6) is -0.323. The van der Waals surface area contributed by atoms with Gasteiger partial charge in [-0.15, -0.1) is 11.3 Å². The van der Waals surface area contributed by atoms with Gasteiger partial charge in [-0.25, -0.2) is 4.98 Å². The highest BCUT2D eigenvalue weighted by atomic mass is 32.1. The third kappa shape index (κ3) is 5.02. The van der Waals surface area contributed by atoms with Crippen LogP contribution < -0.4 is 10.6 Å². The third-order valence-corrected chi connectivity index (χ3v) is 3.79. The van der Waals surface area contributed by atoms with E-state index in [1.54, 1.807) is 7.11 Å². The number of anilines is 1. The van der Waals surface area contributed by atoms with Gasteiger partial charge in [0.25, 0.3) is 0 Å². The van der Waals surface area contributed by atoms with E-state index in [9.17, 15) is 18.0 Å².